The molecule has 18 heavy (non-hydrogen) atoms. The van der Waals surface area contributed by atoms with Gasteiger partial charge in [-0.3, -0.25) is 4.98 Å². The first-order chi connectivity index (χ1) is 8.75. The lowest BCUT2D eigenvalue weighted by Gasteiger charge is -2.38. The molecule has 1 unspecified atom stereocenters. The fraction of sp³-hybridized carbons (Fsp3) is 0.462. The van der Waals surface area contributed by atoms with Gasteiger partial charge < -0.3 is 10.5 Å². The van der Waals surface area contributed by atoms with Gasteiger partial charge in [0.15, 0.2) is 0 Å². The largest absolute Gasteiger partial charge is 0.411 e. The van der Waals surface area contributed by atoms with Crippen molar-refractivity contribution in [2.45, 2.75) is 31.1 Å². The summed E-state index contributed by atoms with van der Waals surface area (Å²) in [4.78, 5) is 4.86. The predicted octanol–water partition coefficient (Wildman–Crippen LogP) is 2.27. The van der Waals surface area contributed by atoms with Crippen molar-refractivity contribution in [3.05, 3.63) is 30.1 Å². The molecule has 2 N–H and O–H groups in total. The van der Waals surface area contributed by atoms with E-state index in [2.05, 4.69) is 15.5 Å². The summed E-state index contributed by atoms with van der Waals surface area (Å²) in [5.41, 5.74) is 1.24. The zero-order chi connectivity index (χ0) is 13.0. The fourth-order valence-electron chi connectivity index (χ4n) is 2.69. The molecule has 1 aliphatic carbocycles. The van der Waals surface area contributed by atoms with Crippen molar-refractivity contribution in [1.29, 1.82) is 0 Å². The molecule has 1 aromatic rings. The third-order valence-corrected chi connectivity index (χ3v) is 4.15. The minimum Gasteiger partial charge on any atom is -0.411 e. The molecule has 1 atom stereocenters. The Morgan fingerprint density at radius 2 is 2.39 bits per heavy atom. The van der Waals surface area contributed by atoms with Gasteiger partial charge in [0.05, 0.1) is 16.1 Å². The highest BCUT2D eigenvalue weighted by Gasteiger charge is 2.43. The molecule has 0 amide bonds. The average molecular weight is 263 g/mol. The maximum Gasteiger partial charge on any atom is 0.0917 e. The molecule has 4 nitrogen and oxygen atoms in total. The number of hydrogen-bond donors (Lipinski definition) is 2. The monoisotopic (exact) mass is 263 g/mol. The lowest BCUT2D eigenvalue weighted by Crippen LogP contribution is -2.50. The molecule has 1 saturated carbocycles. The summed E-state index contributed by atoms with van der Waals surface area (Å²) < 4.78 is 0. The maximum atomic E-state index is 9.31. The van der Waals surface area contributed by atoms with E-state index in [0.29, 0.717) is 4.99 Å². The average Bonchev–Trinajstić information content (AvgIpc) is 2.47. The number of thiocarbonyl (C=S) groups is 1. The Balaban J connectivity index is 2.56. The number of nitrogens with zero attached hydrogens (tertiary/aromatic N) is 2. The standard InChI is InChI=1S/C13H17N3OS/c1-14-12(18)13(10-5-4-8-15-9-10)7-3-2-6-11(13)16-17/h4-5,8-9,17H,2-3,6-7H2,1H3,(H,14,18)/b16-11-. The minimum absolute atomic E-state index is 0.495. The quantitative estimate of drug-likeness (QED) is 0.488. The first-order valence-electron chi connectivity index (χ1n) is 6.10. The van der Waals surface area contributed by atoms with Gasteiger partial charge in [-0.25, -0.2) is 0 Å². The van der Waals surface area contributed by atoms with E-state index in [1.165, 1.54) is 0 Å². The van der Waals surface area contributed by atoms with Crippen LogP contribution in [0.3, 0.4) is 0 Å². The molecule has 0 spiro atoms. The molecule has 0 radical (unpaired) electrons. The highest BCUT2D eigenvalue weighted by atomic mass is 32.1. The molecule has 5 heteroatoms. The Hall–Kier alpha value is -1.49. The second-order valence-corrected chi connectivity index (χ2v) is 4.89. The summed E-state index contributed by atoms with van der Waals surface area (Å²) in [7, 11) is 1.81. The summed E-state index contributed by atoms with van der Waals surface area (Å²) in [6.45, 7) is 0. The Morgan fingerprint density at radius 3 is 3.00 bits per heavy atom. The number of rotatable bonds is 2. The first-order valence-corrected chi connectivity index (χ1v) is 6.50. The van der Waals surface area contributed by atoms with Gasteiger partial charge in [0.1, 0.15) is 0 Å². The molecular weight excluding hydrogens is 246 g/mol. The Kier molecular flexibility index (Phi) is 3.91. The molecule has 1 fully saturated rings. The van der Waals surface area contributed by atoms with E-state index in [9.17, 15) is 5.21 Å². The van der Waals surface area contributed by atoms with E-state index < -0.39 is 5.41 Å². The molecule has 0 bridgehead atoms. The van der Waals surface area contributed by atoms with Gasteiger partial charge in [-0.15, -0.1) is 0 Å². The van der Waals surface area contributed by atoms with Crippen molar-refractivity contribution in [3.63, 3.8) is 0 Å². The second kappa shape index (κ2) is 5.44. The van der Waals surface area contributed by atoms with Crippen molar-refractivity contribution in [2.75, 3.05) is 7.05 Å². The van der Waals surface area contributed by atoms with Crippen LogP contribution in [0.25, 0.3) is 0 Å². The van der Waals surface area contributed by atoms with Crippen LogP contribution in [-0.2, 0) is 5.41 Å². The zero-order valence-corrected chi connectivity index (χ0v) is 11.2. The topological polar surface area (TPSA) is 57.5 Å². The molecule has 1 aliphatic rings. The summed E-state index contributed by atoms with van der Waals surface area (Å²) >= 11 is 5.48. The van der Waals surface area contributed by atoms with Crippen molar-refractivity contribution in [2.24, 2.45) is 5.16 Å². The van der Waals surface area contributed by atoms with E-state index in [4.69, 9.17) is 12.2 Å². The van der Waals surface area contributed by atoms with Crippen molar-refractivity contribution >= 4 is 22.9 Å². The van der Waals surface area contributed by atoms with Crippen LogP contribution in [0, 0.1) is 0 Å². The van der Waals surface area contributed by atoms with Gasteiger partial charge in [-0.1, -0.05) is 29.9 Å². The number of pyridine rings is 1. The number of aromatic nitrogens is 1. The number of likely N-dealkylation sites (N-methyl/N-ethyl adjacent to an activating group) is 1. The molecule has 0 aliphatic heterocycles. The number of hydrogen-bond acceptors (Lipinski definition) is 4. The molecule has 96 valence electrons. The SMILES string of the molecule is CNC(=S)C1(c2cccnc2)CCCC/C1=N/O. The Morgan fingerprint density at radius 1 is 1.56 bits per heavy atom. The van der Waals surface area contributed by atoms with Crippen LogP contribution >= 0.6 is 12.2 Å². The normalized spacial score (nSPS) is 25.9. The number of oxime groups is 1. The summed E-state index contributed by atoms with van der Waals surface area (Å²) in [5.74, 6) is 0. The molecule has 2 rings (SSSR count). The van der Waals surface area contributed by atoms with Gasteiger partial charge in [0, 0.05) is 19.4 Å². The number of nitrogens with one attached hydrogen (secondary N) is 1. The van der Waals surface area contributed by atoms with E-state index in [1.807, 2.05) is 19.2 Å². The molecule has 0 saturated heterocycles. The van der Waals surface area contributed by atoms with E-state index >= 15 is 0 Å². The lowest BCUT2D eigenvalue weighted by atomic mass is 9.68. The van der Waals surface area contributed by atoms with Crippen LogP contribution in [0.4, 0.5) is 0 Å². The summed E-state index contributed by atoms with van der Waals surface area (Å²) in [5, 5.41) is 15.9. The minimum atomic E-state index is -0.495. The lowest BCUT2D eigenvalue weighted by molar-refractivity contribution is 0.310. The summed E-state index contributed by atoms with van der Waals surface area (Å²) in [6.07, 6.45) is 7.27. The molecule has 0 aromatic carbocycles. The van der Waals surface area contributed by atoms with Crippen molar-refractivity contribution in [1.82, 2.24) is 10.3 Å². The molecule has 1 heterocycles. The van der Waals surface area contributed by atoms with Gasteiger partial charge in [-0.05, 0) is 30.9 Å². The third-order valence-electron chi connectivity index (χ3n) is 3.60. The van der Waals surface area contributed by atoms with E-state index in [1.54, 1.807) is 12.4 Å². The van der Waals surface area contributed by atoms with Crippen molar-refractivity contribution < 1.29 is 5.21 Å². The van der Waals surface area contributed by atoms with E-state index in [-0.39, 0.29) is 0 Å². The summed E-state index contributed by atoms with van der Waals surface area (Å²) in [6, 6.07) is 3.88. The maximum absolute atomic E-state index is 9.31. The van der Waals surface area contributed by atoms with Gasteiger partial charge in [-0.2, -0.15) is 0 Å². The van der Waals surface area contributed by atoms with Crippen molar-refractivity contribution in [3.8, 4) is 0 Å². The zero-order valence-electron chi connectivity index (χ0n) is 10.4. The second-order valence-electron chi connectivity index (χ2n) is 4.48. The fourth-order valence-corrected chi connectivity index (χ4v) is 3.03. The van der Waals surface area contributed by atoms with Gasteiger partial charge in [0.25, 0.3) is 0 Å². The molecule has 1 aromatic heterocycles. The molecular formula is C13H17N3OS. The van der Waals surface area contributed by atoms with Crippen LogP contribution in [0.15, 0.2) is 29.7 Å². The van der Waals surface area contributed by atoms with Crippen LogP contribution in [-0.4, -0.2) is 27.9 Å². The Labute approximate surface area is 112 Å². The van der Waals surface area contributed by atoms with Gasteiger partial charge in [0.2, 0.25) is 0 Å². The Bertz CT molecular complexity index is 461. The third kappa shape index (κ3) is 1.99. The van der Waals surface area contributed by atoms with Crippen LogP contribution in [0.2, 0.25) is 0 Å². The smallest absolute Gasteiger partial charge is 0.0917 e. The highest BCUT2D eigenvalue weighted by molar-refractivity contribution is 7.80. The van der Waals surface area contributed by atoms with Crippen LogP contribution < -0.4 is 5.32 Å². The predicted molar refractivity (Wildman–Crippen MR) is 75.3 cm³/mol. The highest BCUT2D eigenvalue weighted by Crippen LogP contribution is 2.38. The van der Waals surface area contributed by atoms with Gasteiger partial charge >= 0.3 is 0 Å². The van der Waals surface area contributed by atoms with E-state index in [0.717, 1.165) is 37.0 Å². The van der Waals surface area contributed by atoms with Crippen LogP contribution in [0.5, 0.6) is 0 Å². The first kappa shape index (κ1) is 13.0. The van der Waals surface area contributed by atoms with Crippen LogP contribution in [0.1, 0.15) is 31.2 Å².